The topological polar surface area (TPSA) is 69.6 Å². The van der Waals surface area contributed by atoms with E-state index >= 15 is 0 Å². The SMILES string of the molecule is O=C(O)c1cncnc1N1CCCN2CCCC2C1. The molecule has 1 unspecified atom stereocenters. The lowest BCUT2D eigenvalue weighted by atomic mass is 10.2. The largest absolute Gasteiger partial charge is 0.477 e. The molecule has 0 amide bonds. The van der Waals surface area contributed by atoms with Crippen LogP contribution in [0.4, 0.5) is 5.82 Å². The number of carbonyl (C=O) groups is 1. The summed E-state index contributed by atoms with van der Waals surface area (Å²) >= 11 is 0. The van der Waals surface area contributed by atoms with Gasteiger partial charge in [-0.25, -0.2) is 14.8 Å². The maximum Gasteiger partial charge on any atom is 0.341 e. The van der Waals surface area contributed by atoms with Crippen LogP contribution in [0, 0.1) is 0 Å². The van der Waals surface area contributed by atoms with E-state index in [0.29, 0.717) is 11.9 Å². The third kappa shape index (κ3) is 2.40. The summed E-state index contributed by atoms with van der Waals surface area (Å²) in [6.45, 7) is 4.02. The Morgan fingerprint density at radius 2 is 2.16 bits per heavy atom. The summed E-state index contributed by atoms with van der Waals surface area (Å²) in [6.07, 6.45) is 6.32. The molecule has 0 spiro atoms. The van der Waals surface area contributed by atoms with Gasteiger partial charge in [-0.2, -0.15) is 0 Å². The Kier molecular flexibility index (Phi) is 3.33. The van der Waals surface area contributed by atoms with Gasteiger partial charge in [0.2, 0.25) is 0 Å². The summed E-state index contributed by atoms with van der Waals surface area (Å²) in [5.74, 6) is -0.389. The number of anilines is 1. The van der Waals surface area contributed by atoms with E-state index in [4.69, 9.17) is 0 Å². The summed E-state index contributed by atoms with van der Waals surface area (Å²) in [4.78, 5) is 23.9. The Hall–Kier alpha value is -1.69. The molecule has 1 aromatic heterocycles. The van der Waals surface area contributed by atoms with Crippen molar-refractivity contribution in [1.29, 1.82) is 0 Å². The van der Waals surface area contributed by atoms with Gasteiger partial charge in [0, 0.05) is 31.9 Å². The second kappa shape index (κ2) is 5.13. The average molecular weight is 262 g/mol. The Bertz CT molecular complexity index is 479. The second-order valence-electron chi connectivity index (χ2n) is 5.20. The number of fused-ring (bicyclic) bond motifs is 1. The standard InChI is InChI=1S/C13H18N4O2/c18-13(19)11-7-14-9-15-12(11)17-6-2-5-16-4-1-3-10(16)8-17/h7,9-10H,1-6,8H2,(H,18,19). The van der Waals surface area contributed by atoms with Crippen LogP contribution < -0.4 is 4.90 Å². The highest BCUT2D eigenvalue weighted by molar-refractivity contribution is 5.92. The van der Waals surface area contributed by atoms with Gasteiger partial charge in [-0.3, -0.25) is 4.90 Å². The summed E-state index contributed by atoms with van der Waals surface area (Å²) in [5, 5.41) is 9.24. The molecule has 1 aromatic rings. The number of carboxylic acids is 1. The number of aromatic nitrogens is 2. The molecule has 2 aliphatic heterocycles. The molecule has 0 aliphatic carbocycles. The lowest BCUT2D eigenvalue weighted by molar-refractivity contribution is 0.0696. The van der Waals surface area contributed by atoms with Gasteiger partial charge in [0.05, 0.1) is 0 Å². The fraction of sp³-hybridized carbons (Fsp3) is 0.615. The van der Waals surface area contributed by atoms with Crippen molar-refractivity contribution in [3.05, 3.63) is 18.1 Å². The first-order valence-corrected chi connectivity index (χ1v) is 6.78. The minimum atomic E-state index is -0.955. The van der Waals surface area contributed by atoms with Crippen LogP contribution in [0.1, 0.15) is 29.6 Å². The van der Waals surface area contributed by atoms with Crippen LogP contribution in [0.25, 0.3) is 0 Å². The molecule has 102 valence electrons. The van der Waals surface area contributed by atoms with Crippen molar-refractivity contribution in [1.82, 2.24) is 14.9 Å². The molecule has 0 bridgehead atoms. The average Bonchev–Trinajstić information content (AvgIpc) is 2.76. The quantitative estimate of drug-likeness (QED) is 0.852. The number of aromatic carboxylic acids is 1. The van der Waals surface area contributed by atoms with Gasteiger partial charge in [-0.1, -0.05) is 0 Å². The van der Waals surface area contributed by atoms with Crippen molar-refractivity contribution in [2.24, 2.45) is 0 Å². The molecule has 2 fully saturated rings. The van der Waals surface area contributed by atoms with Crippen molar-refractivity contribution >= 4 is 11.8 Å². The Balaban J connectivity index is 1.87. The van der Waals surface area contributed by atoms with Crippen LogP contribution in [-0.2, 0) is 0 Å². The van der Waals surface area contributed by atoms with E-state index in [0.717, 1.165) is 26.1 Å². The van der Waals surface area contributed by atoms with Gasteiger partial charge in [-0.15, -0.1) is 0 Å². The van der Waals surface area contributed by atoms with Crippen LogP contribution in [0.15, 0.2) is 12.5 Å². The molecular formula is C13H18N4O2. The van der Waals surface area contributed by atoms with Crippen molar-refractivity contribution in [2.75, 3.05) is 31.1 Å². The van der Waals surface area contributed by atoms with E-state index in [9.17, 15) is 9.90 Å². The number of rotatable bonds is 2. The van der Waals surface area contributed by atoms with Crippen LogP contribution in [0.3, 0.4) is 0 Å². The Morgan fingerprint density at radius 3 is 3.00 bits per heavy atom. The first-order chi connectivity index (χ1) is 9.25. The highest BCUT2D eigenvalue weighted by Gasteiger charge is 2.30. The predicted molar refractivity (Wildman–Crippen MR) is 70.4 cm³/mol. The van der Waals surface area contributed by atoms with Crippen LogP contribution in [0.5, 0.6) is 0 Å². The zero-order valence-corrected chi connectivity index (χ0v) is 10.8. The van der Waals surface area contributed by atoms with E-state index in [1.54, 1.807) is 0 Å². The van der Waals surface area contributed by atoms with Crippen molar-refractivity contribution in [2.45, 2.75) is 25.3 Å². The molecule has 2 aliphatic rings. The van der Waals surface area contributed by atoms with E-state index in [2.05, 4.69) is 19.8 Å². The molecule has 6 heteroatoms. The molecule has 3 heterocycles. The Labute approximate surface area is 112 Å². The molecule has 0 aromatic carbocycles. The lowest BCUT2D eigenvalue weighted by Gasteiger charge is -2.27. The monoisotopic (exact) mass is 262 g/mol. The highest BCUT2D eigenvalue weighted by atomic mass is 16.4. The molecule has 0 radical (unpaired) electrons. The van der Waals surface area contributed by atoms with Crippen molar-refractivity contribution in [3.8, 4) is 0 Å². The maximum absolute atomic E-state index is 11.3. The summed E-state index contributed by atoms with van der Waals surface area (Å²) in [6, 6.07) is 0.541. The second-order valence-corrected chi connectivity index (χ2v) is 5.20. The van der Waals surface area contributed by atoms with Crippen LogP contribution >= 0.6 is 0 Å². The molecule has 6 nitrogen and oxygen atoms in total. The van der Waals surface area contributed by atoms with Gasteiger partial charge >= 0.3 is 5.97 Å². The number of nitrogens with zero attached hydrogens (tertiary/aromatic N) is 4. The van der Waals surface area contributed by atoms with Crippen molar-refractivity contribution in [3.63, 3.8) is 0 Å². The van der Waals surface area contributed by atoms with Gasteiger partial charge in [0.1, 0.15) is 17.7 Å². The highest BCUT2D eigenvalue weighted by Crippen LogP contribution is 2.25. The third-order valence-corrected chi connectivity index (χ3v) is 4.02. The molecule has 0 saturated carbocycles. The van der Waals surface area contributed by atoms with Crippen LogP contribution in [0.2, 0.25) is 0 Å². The van der Waals surface area contributed by atoms with Gasteiger partial charge in [0.15, 0.2) is 0 Å². The molecule has 1 N–H and O–H groups in total. The minimum absolute atomic E-state index is 0.203. The molecule has 2 saturated heterocycles. The zero-order valence-electron chi connectivity index (χ0n) is 10.8. The van der Waals surface area contributed by atoms with E-state index in [1.165, 1.54) is 31.9 Å². The Morgan fingerprint density at radius 1 is 1.32 bits per heavy atom. The predicted octanol–water partition coefficient (Wildman–Crippen LogP) is 0.849. The fourth-order valence-electron chi connectivity index (χ4n) is 3.13. The summed E-state index contributed by atoms with van der Waals surface area (Å²) < 4.78 is 0. The van der Waals surface area contributed by atoms with Gasteiger partial charge in [0.25, 0.3) is 0 Å². The lowest BCUT2D eigenvalue weighted by Crippen LogP contribution is -2.37. The number of hydrogen-bond acceptors (Lipinski definition) is 5. The van der Waals surface area contributed by atoms with E-state index in [-0.39, 0.29) is 5.56 Å². The molecule has 19 heavy (non-hydrogen) atoms. The van der Waals surface area contributed by atoms with Gasteiger partial charge < -0.3 is 10.0 Å². The molecule has 3 rings (SSSR count). The first-order valence-electron chi connectivity index (χ1n) is 6.78. The first kappa shape index (κ1) is 12.3. The van der Waals surface area contributed by atoms with Crippen molar-refractivity contribution < 1.29 is 9.90 Å². The van der Waals surface area contributed by atoms with Crippen LogP contribution in [-0.4, -0.2) is 58.2 Å². The van der Waals surface area contributed by atoms with E-state index in [1.807, 2.05) is 0 Å². The minimum Gasteiger partial charge on any atom is -0.477 e. The van der Waals surface area contributed by atoms with Gasteiger partial charge in [-0.05, 0) is 25.8 Å². The maximum atomic E-state index is 11.3. The summed E-state index contributed by atoms with van der Waals surface area (Å²) in [5.41, 5.74) is 0.203. The number of carboxylic acid groups (broad SMARTS) is 1. The van der Waals surface area contributed by atoms with E-state index < -0.39 is 5.97 Å². The fourth-order valence-corrected chi connectivity index (χ4v) is 3.13. The summed E-state index contributed by atoms with van der Waals surface area (Å²) in [7, 11) is 0. The smallest absolute Gasteiger partial charge is 0.341 e. The molecular weight excluding hydrogens is 244 g/mol. The zero-order chi connectivity index (χ0) is 13.2. The third-order valence-electron chi connectivity index (χ3n) is 4.02. The molecule has 1 atom stereocenters. The normalized spacial score (nSPS) is 24.0. The number of hydrogen-bond donors (Lipinski definition) is 1.